The fraction of sp³-hybridized carbons (Fsp3) is 0.0435. The molecule has 136 valence electrons. The average Bonchev–Trinajstić information content (AvgIpc) is 3.11. The van der Waals surface area contributed by atoms with E-state index in [-0.39, 0.29) is 5.56 Å². The summed E-state index contributed by atoms with van der Waals surface area (Å²) in [5, 5.41) is 8.54. The van der Waals surface area contributed by atoms with Crippen molar-refractivity contribution in [3.05, 3.63) is 107 Å². The third kappa shape index (κ3) is 3.81. The highest BCUT2D eigenvalue weighted by molar-refractivity contribution is 5.65. The second-order valence-electron chi connectivity index (χ2n) is 6.17. The van der Waals surface area contributed by atoms with Crippen LogP contribution in [0.4, 0.5) is 8.78 Å². The fourth-order valence-electron chi connectivity index (χ4n) is 2.81. The molecule has 0 atom stereocenters. The minimum absolute atomic E-state index is 0.118. The molecule has 0 N–H and O–H groups in total. The van der Waals surface area contributed by atoms with Gasteiger partial charge in [-0.3, -0.25) is 0 Å². The van der Waals surface area contributed by atoms with E-state index in [1.165, 1.54) is 12.1 Å². The molecular weight excluding hydrogens is 356 g/mol. The second kappa shape index (κ2) is 7.85. The Balaban J connectivity index is 1.79. The largest absolute Gasteiger partial charge is 0.232 e. The molecular formula is C23H15F2N3. The van der Waals surface area contributed by atoms with Gasteiger partial charge in [-0.15, -0.1) is 5.10 Å². The molecule has 0 fully saturated rings. The molecule has 0 unspecified atom stereocenters. The number of hydrogen-bond donors (Lipinski definition) is 0. The lowest BCUT2D eigenvalue weighted by Crippen LogP contribution is -2.04. The molecule has 0 aliphatic rings. The van der Waals surface area contributed by atoms with Gasteiger partial charge < -0.3 is 0 Å². The topological polar surface area (TPSA) is 30.7 Å². The predicted molar refractivity (Wildman–Crippen MR) is 103 cm³/mol. The highest BCUT2D eigenvalue weighted by Crippen LogP contribution is 2.21. The van der Waals surface area contributed by atoms with Gasteiger partial charge in [0.25, 0.3) is 0 Å². The monoisotopic (exact) mass is 371 g/mol. The Labute approximate surface area is 161 Å². The first-order chi connectivity index (χ1) is 13.7. The van der Waals surface area contributed by atoms with Crippen LogP contribution in [-0.2, 0) is 6.54 Å². The van der Waals surface area contributed by atoms with E-state index in [4.69, 9.17) is 0 Å². The molecule has 3 aromatic carbocycles. The van der Waals surface area contributed by atoms with Gasteiger partial charge in [0.1, 0.15) is 23.0 Å². The van der Waals surface area contributed by atoms with Crippen molar-refractivity contribution in [2.45, 2.75) is 6.54 Å². The summed E-state index contributed by atoms with van der Waals surface area (Å²) < 4.78 is 28.8. The van der Waals surface area contributed by atoms with Crippen LogP contribution in [0.5, 0.6) is 0 Å². The number of aromatic nitrogens is 3. The second-order valence-corrected chi connectivity index (χ2v) is 6.17. The van der Waals surface area contributed by atoms with E-state index in [9.17, 15) is 8.78 Å². The Morgan fingerprint density at radius 3 is 2.25 bits per heavy atom. The lowest BCUT2D eigenvalue weighted by molar-refractivity contribution is 0.581. The Bertz CT molecular complexity index is 1160. The molecule has 1 aromatic heterocycles. The number of hydrogen-bond acceptors (Lipinski definition) is 2. The molecule has 28 heavy (non-hydrogen) atoms. The van der Waals surface area contributed by atoms with Gasteiger partial charge in [-0.1, -0.05) is 71.8 Å². The van der Waals surface area contributed by atoms with E-state index < -0.39 is 11.6 Å². The van der Waals surface area contributed by atoms with Gasteiger partial charge in [0.15, 0.2) is 0 Å². The summed E-state index contributed by atoms with van der Waals surface area (Å²) in [4.78, 5) is 0. The van der Waals surface area contributed by atoms with Gasteiger partial charge in [-0.2, -0.15) is 0 Å². The summed E-state index contributed by atoms with van der Waals surface area (Å²) in [6, 6.07) is 22.7. The predicted octanol–water partition coefficient (Wildman–Crippen LogP) is 4.67. The van der Waals surface area contributed by atoms with Crippen molar-refractivity contribution < 1.29 is 8.78 Å². The first-order valence-electron chi connectivity index (χ1n) is 8.70. The average molecular weight is 371 g/mol. The van der Waals surface area contributed by atoms with E-state index in [1.807, 2.05) is 60.7 Å². The number of halogens is 2. The van der Waals surface area contributed by atoms with Gasteiger partial charge in [0.2, 0.25) is 0 Å². The lowest BCUT2D eigenvalue weighted by atomic mass is 10.1. The molecule has 4 rings (SSSR count). The minimum Gasteiger partial charge on any atom is -0.232 e. The first kappa shape index (κ1) is 17.6. The molecule has 5 heteroatoms. The summed E-state index contributed by atoms with van der Waals surface area (Å²) in [5.74, 6) is 4.44. The van der Waals surface area contributed by atoms with Crippen LogP contribution in [0, 0.1) is 23.5 Å². The van der Waals surface area contributed by atoms with Crippen molar-refractivity contribution in [1.29, 1.82) is 0 Å². The Kier molecular flexibility index (Phi) is 4.94. The lowest BCUT2D eigenvalue weighted by Gasteiger charge is -2.04. The van der Waals surface area contributed by atoms with Crippen molar-refractivity contribution >= 4 is 0 Å². The molecule has 0 aliphatic heterocycles. The quantitative estimate of drug-likeness (QED) is 0.490. The van der Waals surface area contributed by atoms with Crippen LogP contribution >= 0.6 is 0 Å². The molecule has 3 nitrogen and oxygen atoms in total. The smallest absolute Gasteiger partial charge is 0.141 e. The molecule has 1 heterocycles. The zero-order valence-electron chi connectivity index (χ0n) is 14.8. The SMILES string of the molecule is Fc1ccc(C#Cc2c(-c3ccccc3)nnn2Cc2ccccc2)c(F)c1. The van der Waals surface area contributed by atoms with Crippen LogP contribution in [0.25, 0.3) is 11.3 Å². The summed E-state index contributed by atoms with van der Waals surface area (Å²) in [7, 11) is 0. The van der Waals surface area contributed by atoms with Gasteiger partial charge in [0, 0.05) is 11.6 Å². The van der Waals surface area contributed by atoms with Crippen molar-refractivity contribution in [3.8, 4) is 23.1 Å². The highest BCUT2D eigenvalue weighted by atomic mass is 19.1. The van der Waals surface area contributed by atoms with Crippen LogP contribution in [-0.4, -0.2) is 15.0 Å². The third-order valence-corrected chi connectivity index (χ3v) is 4.20. The number of benzene rings is 3. The Hall–Kier alpha value is -3.78. The number of nitrogens with zero attached hydrogens (tertiary/aromatic N) is 3. The molecule has 0 aliphatic carbocycles. The molecule has 0 bridgehead atoms. The maximum absolute atomic E-state index is 14.0. The summed E-state index contributed by atoms with van der Waals surface area (Å²) in [5.41, 5.74) is 3.21. The Morgan fingerprint density at radius 1 is 0.821 bits per heavy atom. The van der Waals surface area contributed by atoms with E-state index in [0.717, 1.165) is 17.2 Å². The number of rotatable bonds is 3. The normalized spacial score (nSPS) is 10.4. The van der Waals surface area contributed by atoms with Gasteiger partial charge in [-0.25, -0.2) is 13.5 Å². The molecule has 0 radical (unpaired) electrons. The molecule has 0 spiro atoms. The van der Waals surface area contributed by atoms with Gasteiger partial charge in [0.05, 0.1) is 12.1 Å². The summed E-state index contributed by atoms with van der Waals surface area (Å²) in [6.07, 6.45) is 0. The van der Waals surface area contributed by atoms with Gasteiger partial charge in [-0.05, 0) is 23.6 Å². The maximum Gasteiger partial charge on any atom is 0.141 e. The zero-order valence-corrected chi connectivity index (χ0v) is 14.8. The summed E-state index contributed by atoms with van der Waals surface area (Å²) in [6.45, 7) is 0.483. The van der Waals surface area contributed by atoms with Crippen molar-refractivity contribution in [2.24, 2.45) is 0 Å². The zero-order chi connectivity index (χ0) is 19.3. The molecule has 0 amide bonds. The van der Waals surface area contributed by atoms with Crippen molar-refractivity contribution in [2.75, 3.05) is 0 Å². The molecule has 0 saturated carbocycles. The van der Waals surface area contributed by atoms with E-state index in [1.54, 1.807) is 4.68 Å². The molecule has 0 saturated heterocycles. The first-order valence-corrected chi connectivity index (χ1v) is 8.70. The minimum atomic E-state index is -0.698. The van der Waals surface area contributed by atoms with Crippen molar-refractivity contribution in [1.82, 2.24) is 15.0 Å². The van der Waals surface area contributed by atoms with E-state index in [2.05, 4.69) is 22.2 Å². The summed E-state index contributed by atoms with van der Waals surface area (Å²) >= 11 is 0. The standard InChI is InChI=1S/C23H15F2N3/c24-20-13-11-18(21(25)15-20)12-14-22-23(19-9-5-2-6-10-19)26-27-28(22)16-17-7-3-1-4-8-17/h1-11,13,15H,16H2. The van der Waals surface area contributed by atoms with Crippen LogP contribution in [0.3, 0.4) is 0 Å². The van der Waals surface area contributed by atoms with E-state index >= 15 is 0 Å². The van der Waals surface area contributed by atoms with Gasteiger partial charge >= 0.3 is 0 Å². The van der Waals surface area contributed by atoms with Crippen LogP contribution in [0.1, 0.15) is 16.8 Å². The molecule has 4 aromatic rings. The van der Waals surface area contributed by atoms with Crippen LogP contribution in [0.15, 0.2) is 78.9 Å². The van der Waals surface area contributed by atoms with Crippen molar-refractivity contribution in [3.63, 3.8) is 0 Å². The van der Waals surface area contributed by atoms with E-state index in [0.29, 0.717) is 17.9 Å². The van der Waals surface area contributed by atoms with Crippen LogP contribution in [0.2, 0.25) is 0 Å². The van der Waals surface area contributed by atoms with Crippen LogP contribution < -0.4 is 0 Å². The maximum atomic E-state index is 14.0. The highest BCUT2D eigenvalue weighted by Gasteiger charge is 2.13. The third-order valence-electron chi connectivity index (χ3n) is 4.20. The Morgan fingerprint density at radius 2 is 1.54 bits per heavy atom. The fourth-order valence-corrected chi connectivity index (χ4v) is 2.81.